The summed E-state index contributed by atoms with van der Waals surface area (Å²) in [6.07, 6.45) is 1.51. The highest BCUT2D eigenvalue weighted by Crippen LogP contribution is 2.19. The fraction of sp³-hybridized carbons (Fsp3) is 0.100. The van der Waals surface area contributed by atoms with E-state index < -0.39 is 5.91 Å². The molecule has 27 heavy (non-hydrogen) atoms. The molecule has 7 heteroatoms. The predicted molar refractivity (Wildman–Crippen MR) is 101 cm³/mol. The molecule has 2 aromatic carbocycles. The van der Waals surface area contributed by atoms with Crippen LogP contribution in [-0.2, 0) is 13.1 Å². The number of nitrogens with zero attached hydrogens (tertiary/aromatic N) is 2. The minimum Gasteiger partial charge on any atom is -0.364 e. The van der Waals surface area contributed by atoms with Crippen LogP contribution >= 0.6 is 0 Å². The van der Waals surface area contributed by atoms with Crippen LogP contribution in [0.25, 0.3) is 11.3 Å². The van der Waals surface area contributed by atoms with Crippen molar-refractivity contribution in [2.75, 3.05) is 0 Å². The second-order valence-electron chi connectivity index (χ2n) is 5.87. The van der Waals surface area contributed by atoms with Gasteiger partial charge in [-0.05, 0) is 17.7 Å². The standard InChI is InChI=1S/C20H19N5O2/c21-10-16-18(19(22)26)25-17(12-23-16)14-7-4-8-15(9-14)20(27)24-11-13-5-2-1-3-6-13/h1-9,12H,10-11,21H2,(H2,22,26)(H,24,27). The molecule has 1 aromatic heterocycles. The lowest BCUT2D eigenvalue weighted by molar-refractivity contribution is 0.0949. The Hall–Kier alpha value is -3.58. The molecule has 0 aliphatic carbocycles. The van der Waals surface area contributed by atoms with Crippen LogP contribution in [0.1, 0.15) is 32.1 Å². The molecule has 0 bridgehead atoms. The van der Waals surface area contributed by atoms with E-state index in [0.717, 1.165) is 5.56 Å². The summed E-state index contributed by atoms with van der Waals surface area (Å²) in [6.45, 7) is 0.494. The van der Waals surface area contributed by atoms with E-state index in [2.05, 4.69) is 15.3 Å². The molecular weight excluding hydrogens is 342 g/mol. The van der Waals surface area contributed by atoms with Gasteiger partial charge in [-0.3, -0.25) is 14.6 Å². The van der Waals surface area contributed by atoms with Gasteiger partial charge in [0, 0.05) is 24.2 Å². The molecule has 0 spiro atoms. The highest BCUT2D eigenvalue weighted by molar-refractivity contribution is 5.95. The van der Waals surface area contributed by atoms with Crippen LogP contribution in [0.3, 0.4) is 0 Å². The summed E-state index contributed by atoms with van der Waals surface area (Å²) in [5, 5.41) is 2.88. The number of primary amides is 1. The molecule has 0 fully saturated rings. The molecular formula is C20H19N5O2. The van der Waals surface area contributed by atoms with Gasteiger partial charge in [-0.2, -0.15) is 0 Å². The van der Waals surface area contributed by atoms with Gasteiger partial charge in [-0.1, -0.05) is 42.5 Å². The van der Waals surface area contributed by atoms with Crippen LogP contribution in [0.4, 0.5) is 0 Å². The average molecular weight is 361 g/mol. The molecule has 3 rings (SSSR count). The normalized spacial score (nSPS) is 10.4. The van der Waals surface area contributed by atoms with Gasteiger partial charge in [0.05, 0.1) is 17.6 Å². The molecule has 136 valence electrons. The highest BCUT2D eigenvalue weighted by atomic mass is 16.2. The monoisotopic (exact) mass is 361 g/mol. The number of hydrogen-bond donors (Lipinski definition) is 3. The Kier molecular flexibility index (Phi) is 5.53. The quantitative estimate of drug-likeness (QED) is 0.615. The van der Waals surface area contributed by atoms with E-state index in [4.69, 9.17) is 11.5 Å². The van der Waals surface area contributed by atoms with E-state index in [0.29, 0.717) is 29.1 Å². The van der Waals surface area contributed by atoms with E-state index in [1.54, 1.807) is 24.3 Å². The summed E-state index contributed by atoms with van der Waals surface area (Å²) in [4.78, 5) is 32.4. The van der Waals surface area contributed by atoms with Gasteiger partial charge in [0.2, 0.25) is 0 Å². The van der Waals surface area contributed by atoms with Gasteiger partial charge in [0.1, 0.15) is 0 Å². The maximum Gasteiger partial charge on any atom is 0.269 e. The van der Waals surface area contributed by atoms with Gasteiger partial charge >= 0.3 is 0 Å². The molecule has 0 aliphatic rings. The zero-order chi connectivity index (χ0) is 19.2. The Balaban J connectivity index is 1.82. The molecule has 0 saturated heterocycles. The van der Waals surface area contributed by atoms with Crippen molar-refractivity contribution in [3.63, 3.8) is 0 Å². The van der Waals surface area contributed by atoms with Crippen molar-refractivity contribution >= 4 is 11.8 Å². The lowest BCUT2D eigenvalue weighted by atomic mass is 10.1. The molecule has 0 saturated carbocycles. The minimum atomic E-state index is -0.693. The second kappa shape index (κ2) is 8.20. The molecule has 3 aromatic rings. The molecule has 1 heterocycles. The predicted octanol–water partition coefficient (Wildman–Crippen LogP) is 1.63. The van der Waals surface area contributed by atoms with E-state index in [1.165, 1.54) is 6.20 Å². The van der Waals surface area contributed by atoms with Crippen molar-refractivity contribution in [1.82, 2.24) is 15.3 Å². The van der Waals surface area contributed by atoms with E-state index in [9.17, 15) is 9.59 Å². The van der Waals surface area contributed by atoms with E-state index in [1.807, 2.05) is 30.3 Å². The van der Waals surface area contributed by atoms with E-state index in [-0.39, 0.29) is 18.1 Å². The molecule has 0 unspecified atom stereocenters. The van der Waals surface area contributed by atoms with Crippen molar-refractivity contribution in [3.8, 4) is 11.3 Å². The number of nitrogens with two attached hydrogens (primary N) is 2. The molecule has 2 amide bonds. The largest absolute Gasteiger partial charge is 0.364 e. The zero-order valence-electron chi connectivity index (χ0n) is 14.6. The van der Waals surface area contributed by atoms with Gasteiger partial charge in [0.15, 0.2) is 5.69 Å². The minimum absolute atomic E-state index is 0.0360. The van der Waals surface area contributed by atoms with Gasteiger partial charge in [-0.25, -0.2) is 4.98 Å². The first-order valence-electron chi connectivity index (χ1n) is 8.37. The fourth-order valence-corrected chi connectivity index (χ4v) is 2.60. The van der Waals surface area contributed by atoms with Crippen LogP contribution < -0.4 is 16.8 Å². The Bertz CT molecular complexity index is 973. The van der Waals surface area contributed by atoms with Crippen molar-refractivity contribution in [2.45, 2.75) is 13.1 Å². The summed E-state index contributed by atoms with van der Waals surface area (Å²) in [7, 11) is 0. The number of carbonyl (C=O) groups excluding carboxylic acids is 2. The topological polar surface area (TPSA) is 124 Å². The maximum absolute atomic E-state index is 12.4. The second-order valence-corrected chi connectivity index (χ2v) is 5.87. The summed E-state index contributed by atoms with van der Waals surface area (Å²) in [6, 6.07) is 16.6. The Morgan fingerprint density at radius 3 is 2.52 bits per heavy atom. The first kappa shape index (κ1) is 18.2. The van der Waals surface area contributed by atoms with Gasteiger partial charge < -0.3 is 16.8 Å². The Morgan fingerprint density at radius 1 is 1.04 bits per heavy atom. The average Bonchev–Trinajstić information content (AvgIpc) is 2.72. The number of nitrogens with one attached hydrogen (secondary N) is 1. The Labute approximate surface area is 156 Å². The number of rotatable bonds is 6. The van der Waals surface area contributed by atoms with Gasteiger partial charge in [-0.15, -0.1) is 0 Å². The number of carbonyl (C=O) groups is 2. The number of amides is 2. The van der Waals surface area contributed by atoms with Crippen LogP contribution in [0.2, 0.25) is 0 Å². The third kappa shape index (κ3) is 4.34. The molecule has 0 radical (unpaired) electrons. The van der Waals surface area contributed by atoms with Crippen LogP contribution in [0.5, 0.6) is 0 Å². The maximum atomic E-state index is 12.4. The number of hydrogen-bond acceptors (Lipinski definition) is 5. The molecule has 0 atom stereocenters. The fourth-order valence-electron chi connectivity index (χ4n) is 2.60. The summed E-state index contributed by atoms with van der Waals surface area (Å²) < 4.78 is 0. The van der Waals surface area contributed by atoms with Crippen LogP contribution in [-0.4, -0.2) is 21.8 Å². The summed E-state index contributed by atoms with van der Waals surface area (Å²) >= 11 is 0. The van der Waals surface area contributed by atoms with Gasteiger partial charge in [0.25, 0.3) is 11.8 Å². The van der Waals surface area contributed by atoms with Crippen LogP contribution in [0.15, 0.2) is 60.8 Å². The third-order valence-corrected chi connectivity index (χ3v) is 3.99. The highest BCUT2D eigenvalue weighted by Gasteiger charge is 2.14. The van der Waals surface area contributed by atoms with Crippen molar-refractivity contribution in [3.05, 3.63) is 83.3 Å². The first-order chi connectivity index (χ1) is 13.1. The molecule has 0 aliphatic heterocycles. The van der Waals surface area contributed by atoms with E-state index >= 15 is 0 Å². The van der Waals surface area contributed by atoms with Crippen molar-refractivity contribution in [1.29, 1.82) is 0 Å². The molecule has 5 N–H and O–H groups in total. The molecule has 7 nitrogen and oxygen atoms in total. The van der Waals surface area contributed by atoms with Crippen LogP contribution in [0, 0.1) is 0 Å². The van der Waals surface area contributed by atoms with Crippen molar-refractivity contribution < 1.29 is 9.59 Å². The smallest absolute Gasteiger partial charge is 0.269 e. The summed E-state index contributed by atoms with van der Waals surface area (Å²) in [5.74, 6) is -0.899. The lowest BCUT2D eigenvalue weighted by Crippen LogP contribution is -2.22. The Morgan fingerprint density at radius 2 is 1.81 bits per heavy atom. The SMILES string of the molecule is NCc1ncc(-c2cccc(C(=O)NCc3ccccc3)c2)nc1C(N)=O. The van der Waals surface area contributed by atoms with Crippen molar-refractivity contribution in [2.24, 2.45) is 11.5 Å². The zero-order valence-corrected chi connectivity index (χ0v) is 14.6. The lowest BCUT2D eigenvalue weighted by Gasteiger charge is -2.09. The summed E-state index contributed by atoms with van der Waals surface area (Å²) in [5.41, 5.74) is 13.9. The first-order valence-corrected chi connectivity index (χ1v) is 8.37. The number of benzene rings is 2. The third-order valence-electron chi connectivity index (χ3n) is 3.99. The number of aromatic nitrogens is 2.